The van der Waals surface area contributed by atoms with Crippen molar-refractivity contribution < 1.29 is 4.79 Å². The van der Waals surface area contributed by atoms with Crippen molar-refractivity contribution in [2.75, 3.05) is 5.32 Å². The fraction of sp³-hybridized carbons (Fsp3) is 0.0435. The van der Waals surface area contributed by atoms with Crippen LogP contribution < -0.4 is 5.32 Å². The Morgan fingerprint density at radius 1 is 0.929 bits per heavy atom. The maximum atomic E-state index is 13.3. The molecule has 0 saturated heterocycles. The molecule has 0 bridgehead atoms. The first kappa shape index (κ1) is 18.5. The number of fused-ring (bicyclic) bond motifs is 1. The number of hydrogen-bond acceptors (Lipinski definition) is 2. The minimum Gasteiger partial charge on any atom is -0.321 e. The molecule has 0 spiro atoms. The highest BCUT2D eigenvalue weighted by molar-refractivity contribution is 6.36. The van der Waals surface area contributed by atoms with Crippen LogP contribution in [0.3, 0.4) is 0 Å². The van der Waals surface area contributed by atoms with Gasteiger partial charge in [-0.3, -0.25) is 4.79 Å². The lowest BCUT2D eigenvalue weighted by atomic mass is 9.97. The van der Waals surface area contributed by atoms with E-state index in [1.807, 2.05) is 61.5 Å². The summed E-state index contributed by atoms with van der Waals surface area (Å²) in [6.07, 6.45) is 0. The van der Waals surface area contributed by atoms with Crippen LogP contribution in [0.5, 0.6) is 0 Å². The van der Waals surface area contributed by atoms with Crippen LogP contribution in [0.15, 0.2) is 72.8 Å². The summed E-state index contributed by atoms with van der Waals surface area (Å²) >= 11 is 12.3. The Hall–Kier alpha value is -2.88. The molecule has 0 unspecified atom stereocenters. The molecule has 1 N–H and O–H groups in total. The van der Waals surface area contributed by atoms with Gasteiger partial charge in [-0.05, 0) is 36.8 Å². The lowest BCUT2D eigenvalue weighted by Crippen LogP contribution is -2.15. The number of para-hydroxylation sites is 1. The van der Waals surface area contributed by atoms with Crippen LogP contribution in [0.4, 0.5) is 5.69 Å². The van der Waals surface area contributed by atoms with Crippen LogP contribution in [0.25, 0.3) is 22.2 Å². The molecular weight excluding hydrogens is 391 g/mol. The number of carbonyl (C=O) groups excluding carboxylic acids is 1. The average Bonchev–Trinajstić information content (AvgIpc) is 2.71. The van der Waals surface area contributed by atoms with E-state index in [0.717, 1.165) is 27.7 Å². The molecule has 138 valence electrons. The highest BCUT2D eigenvalue weighted by Gasteiger charge is 2.19. The zero-order valence-electron chi connectivity index (χ0n) is 15.0. The minimum atomic E-state index is -0.252. The van der Waals surface area contributed by atoms with Gasteiger partial charge >= 0.3 is 0 Å². The van der Waals surface area contributed by atoms with Gasteiger partial charge in [-0.15, -0.1) is 0 Å². The Balaban J connectivity index is 1.89. The molecule has 3 nitrogen and oxygen atoms in total. The molecule has 5 heteroatoms. The van der Waals surface area contributed by atoms with Gasteiger partial charge in [0.1, 0.15) is 0 Å². The van der Waals surface area contributed by atoms with Gasteiger partial charge in [0.2, 0.25) is 0 Å². The van der Waals surface area contributed by atoms with Gasteiger partial charge in [-0.25, -0.2) is 4.98 Å². The van der Waals surface area contributed by atoms with Crippen molar-refractivity contribution in [1.82, 2.24) is 4.98 Å². The first-order valence-electron chi connectivity index (χ1n) is 8.76. The predicted octanol–water partition coefficient (Wildman–Crippen LogP) is 6.77. The largest absolute Gasteiger partial charge is 0.321 e. The molecule has 4 rings (SSSR count). The second-order valence-electron chi connectivity index (χ2n) is 6.42. The molecule has 0 radical (unpaired) electrons. The molecule has 1 aromatic heterocycles. The van der Waals surface area contributed by atoms with Crippen LogP contribution in [-0.2, 0) is 0 Å². The van der Waals surface area contributed by atoms with Crippen molar-refractivity contribution in [3.63, 3.8) is 0 Å². The maximum absolute atomic E-state index is 13.3. The summed E-state index contributed by atoms with van der Waals surface area (Å²) in [5.74, 6) is -0.252. The lowest BCUT2D eigenvalue weighted by molar-refractivity contribution is 0.102. The number of pyridine rings is 1. The van der Waals surface area contributed by atoms with Gasteiger partial charge < -0.3 is 5.32 Å². The Kier molecular flexibility index (Phi) is 5.03. The number of aromatic nitrogens is 1. The fourth-order valence-electron chi connectivity index (χ4n) is 3.26. The van der Waals surface area contributed by atoms with Crippen molar-refractivity contribution >= 4 is 45.7 Å². The third-order valence-electron chi connectivity index (χ3n) is 4.59. The minimum absolute atomic E-state index is 0.252. The molecule has 0 aliphatic heterocycles. The van der Waals surface area contributed by atoms with Crippen LogP contribution in [-0.4, -0.2) is 10.9 Å². The first-order chi connectivity index (χ1) is 13.5. The number of anilines is 1. The van der Waals surface area contributed by atoms with Crippen LogP contribution >= 0.6 is 23.2 Å². The summed E-state index contributed by atoms with van der Waals surface area (Å²) in [6, 6.07) is 22.4. The smallest absolute Gasteiger partial charge is 0.256 e. The third kappa shape index (κ3) is 3.47. The van der Waals surface area contributed by atoms with Crippen LogP contribution in [0.2, 0.25) is 10.0 Å². The number of carbonyl (C=O) groups is 1. The predicted molar refractivity (Wildman–Crippen MR) is 116 cm³/mol. The SMILES string of the molecule is Cc1c(-c2ccccc2)nc2ccccc2c1C(=O)Nc1cc(Cl)ccc1Cl. The second kappa shape index (κ2) is 7.63. The molecule has 3 aromatic carbocycles. The van der Waals surface area contributed by atoms with Gasteiger partial charge in [0.25, 0.3) is 5.91 Å². The van der Waals surface area contributed by atoms with Gasteiger partial charge in [0.15, 0.2) is 0 Å². The van der Waals surface area contributed by atoms with Gasteiger partial charge in [-0.2, -0.15) is 0 Å². The Morgan fingerprint density at radius 3 is 2.43 bits per heavy atom. The number of benzene rings is 3. The van der Waals surface area contributed by atoms with Crippen molar-refractivity contribution in [2.24, 2.45) is 0 Å². The molecule has 0 saturated carbocycles. The zero-order chi connectivity index (χ0) is 19.7. The van der Waals surface area contributed by atoms with Gasteiger partial charge in [0, 0.05) is 16.0 Å². The van der Waals surface area contributed by atoms with Gasteiger partial charge in [-0.1, -0.05) is 71.7 Å². The molecule has 0 aliphatic carbocycles. The van der Waals surface area contributed by atoms with Crippen molar-refractivity contribution in [3.05, 3.63) is 94.0 Å². The standard InChI is InChI=1S/C23H16Cl2N2O/c1-14-21(23(28)27-20-13-16(24)11-12-18(20)25)17-9-5-6-10-19(17)26-22(14)15-7-3-2-4-8-15/h2-13H,1H3,(H,27,28). The van der Waals surface area contributed by atoms with E-state index in [4.69, 9.17) is 28.2 Å². The topological polar surface area (TPSA) is 42.0 Å². The highest BCUT2D eigenvalue weighted by atomic mass is 35.5. The molecule has 0 fully saturated rings. The molecule has 28 heavy (non-hydrogen) atoms. The average molecular weight is 407 g/mol. The fourth-order valence-corrected chi connectivity index (χ4v) is 3.59. The number of nitrogens with zero attached hydrogens (tertiary/aromatic N) is 1. The summed E-state index contributed by atoms with van der Waals surface area (Å²) in [5, 5.41) is 4.61. The molecule has 0 atom stereocenters. The van der Waals surface area contributed by atoms with Gasteiger partial charge in [0.05, 0.1) is 27.5 Å². The monoisotopic (exact) mass is 406 g/mol. The van der Waals surface area contributed by atoms with E-state index in [2.05, 4.69) is 5.32 Å². The zero-order valence-corrected chi connectivity index (χ0v) is 16.6. The van der Waals surface area contributed by atoms with E-state index in [-0.39, 0.29) is 5.91 Å². The Morgan fingerprint density at radius 2 is 1.64 bits per heavy atom. The number of nitrogens with one attached hydrogen (secondary N) is 1. The van der Waals surface area contributed by atoms with Crippen molar-refractivity contribution in [2.45, 2.75) is 6.92 Å². The molecule has 4 aromatic rings. The van der Waals surface area contributed by atoms with E-state index >= 15 is 0 Å². The van der Waals surface area contributed by atoms with E-state index in [1.165, 1.54) is 0 Å². The molecule has 1 heterocycles. The number of halogens is 2. The lowest BCUT2D eigenvalue weighted by Gasteiger charge is -2.15. The third-order valence-corrected chi connectivity index (χ3v) is 5.15. The van der Waals surface area contributed by atoms with Crippen LogP contribution in [0, 0.1) is 6.92 Å². The van der Waals surface area contributed by atoms with E-state index in [1.54, 1.807) is 18.2 Å². The molecule has 0 aliphatic rings. The van der Waals surface area contributed by atoms with E-state index < -0.39 is 0 Å². The number of amides is 1. The summed E-state index contributed by atoms with van der Waals surface area (Å²) in [7, 11) is 0. The maximum Gasteiger partial charge on any atom is 0.256 e. The Labute approximate surface area is 172 Å². The summed E-state index contributed by atoms with van der Waals surface area (Å²) < 4.78 is 0. The summed E-state index contributed by atoms with van der Waals surface area (Å²) in [5.41, 5.74) is 4.35. The normalized spacial score (nSPS) is 10.8. The van der Waals surface area contributed by atoms with Crippen molar-refractivity contribution in [3.8, 4) is 11.3 Å². The van der Waals surface area contributed by atoms with Crippen LogP contribution in [0.1, 0.15) is 15.9 Å². The van der Waals surface area contributed by atoms with E-state index in [0.29, 0.717) is 21.3 Å². The quantitative estimate of drug-likeness (QED) is 0.407. The second-order valence-corrected chi connectivity index (χ2v) is 7.27. The number of rotatable bonds is 3. The summed E-state index contributed by atoms with van der Waals surface area (Å²) in [6.45, 7) is 1.91. The first-order valence-corrected chi connectivity index (χ1v) is 9.51. The summed E-state index contributed by atoms with van der Waals surface area (Å²) in [4.78, 5) is 18.1. The highest BCUT2D eigenvalue weighted by Crippen LogP contribution is 2.31. The Bertz CT molecular complexity index is 1190. The van der Waals surface area contributed by atoms with E-state index in [9.17, 15) is 4.79 Å². The number of hydrogen-bond donors (Lipinski definition) is 1. The molecule has 1 amide bonds. The van der Waals surface area contributed by atoms with Crippen molar-refractivity contribution in [1.29, 1.82) is 0 Å². The molecular formula is C23H16Cl2N2O.